The maximum atomic E-state index is 12.4. The van der Waals surface area contributed by atoms with Crippen molar-refractivity contribution in [2.24, 2.45) is 0 Å². The van der Waals surface area contributed by atoms with E-state index < -0.39 is 0 Å². The van der Waals surface area contributed by atoms with Gasteiger partial charge in [-0.2, -0.15) is 4.98 Å². The molecule has 2 aromatic carbocycles. The van der Waals surface area contributed by atoms with Gasteiger partial charge < -0.3 is 10.1 Å². The zero-order valence-electron chi connectivity index (χ0n) is 17.1. The van der Waals surface area contributed by atoms with Crippen LogP contribution in [0.15, 0.2) is 84.5 Å². The number of anilines is 1. The van der Waals surface area contributed by atoms with Gasteiger partial charge >= 0.3 is 0 Å². The third-order valence-electron chi connectivity index (χ3n) is 4.88. The van der Waals surface area contributed by atoms with Crippen molar-refractivity contribution in [1.82, 2.24) is 15.0 Å². The van der Waals surface area contributed by atoms with Gasteiger partial charge in [-0.25, -0.2) is 4.98 Å². The van der Waals surface area contributed by atoms with Gasteiger partial charge in [0, 0.05) is 23.6 Å². The summed E-state index contributed by atoms with van der Waals surface area (Å²) in [5.41, 5.74) is 3.25. The average Bonchev–Trinajstić information content (AvgIpc) is 3.27. The summed E-state index contributed by atoms with van der Waals surface area (Å²) < 4.78 is 6.12. The van der Waals surface area contributed by atoms with Crippen LogP contribution >= 0.6 is 11.3 Å². The summed E-state index contributed by atoms with van der Waals surface area (Å²) in [5, 5.41) is 5.64. The van der Waals surface area contributed by atoms with E-state index in [-0.39, 0.29) is 5.91 Å². The Morgan fingerprint density at radius 2 is 1.81 bits per heavy atom. The SMILES string of the molecule is Cc1ccsc1C(=O)Nc1ccc(Oc2nc(-c3cccnc3)nc3ccccc23)cc1. The Labute approximate surface area is 188 Å². The summed E-state index contributed by atoms with van der Waals surface area (Å²) in [5.74, 6) is 1.49. The summed E-state index contributed by atoms with van der Waals surface area (Å²) in [6.07, 6.45) is 3.43. The smallest absolute Gasteiger partial charge is 0.265 e. The molecule has 5 aromatic rings. The normalized spacial score (nSPS) is 10.8. The number of aromatic nitrogens is 3. The first kappa shape index (κ1) is 19.8. The Balaban J connectivity index is 1.42. The van der Waals surface area contributed by atoms with E-state index in [1.807, 2.05) is 66.9 Å². The number of rotatable bonds is 5. The fourth-order valence-electron chi connectivity index (χ4n) is 3.26. The van der Waals surface area contributed by atoms with Crippen LogP contribution in [0.2, 0.25) is 0 Å². The molecule has 0 fully saturated rings. The van der Waals surface area contributed by atoms with Gasteiger partial charge in [0.2, 0.25) is 5.88 Å². The van der Waals surface area contributed by atoms with Gasteiger partial charge in [-0.1, -0.05) is 12.1 Å². The molecular formula is C25H18N4O2S. The number of para-hydroxylation sites is 1. The number of carbonyl (C=O) groups is 1. The lowest BCUT2D eigenvalue weighted by atomic mass is 10.2. The van der Waals surface area contributed by atoms with Gasteiger partial charge in [0.1, 0.15) is 5.75 Å². The molecule has 6 nitrogen and oxygen atoms in total. The first-order valence-corrected chi connectivity index (χ1v) is 10.9. The van der Waals surface area contributed by atoms with Crippen LogP contribution < -0.4 is 10.1 Å². The molecule has 5 rings (SSSR count). The molecule has 156 valence electrons. The van der Waals surface area contributed by atoms with Crippen molar-refractivity contribution in [3.63, 3.8) is 0 Å². The highest BCUT2D eigenvalue weighted by Crippen LogP contribution is 2.30. The maximum Gasteiger partial charge on any atom is 0.265 e. The second-order valence-electron chi connectivity index (χ2n) is 7.12. The minimum Gasteiger partial charge on any atom is -0.438 e. The first-order valence-electron chi connectivity index (χ1n) is 9.98. The van der Waals surface area contributed by atoms with E-state index in [0.717, 1.165) is 22.0 Å². The predicted octanol–water partition coefficient (Wildman–Crippen LogP) is 6.11. The molecule has 0 aliphatic rings. The molecule has 1 amide bonds. The van der Waals surface area contributed by atoms with Crippen molar-refractivity contribution in [3.8, 4) is 23.0 Å². The maximum absolute atomic E-state index is 12.4. The molecule has 0 radical (unpaired) electrons. The average molecular weight is 439 g/mol. The van der Waals surface area contributed by atoms with Crippen LogP contribution in [0, 0.1) is 6.92 Å². The van der Waals surface area contributed by atoms with Crippen LogP contribution in [-0.2, 0) is 0 Å². The van der Waals surface area contributed by atoms with Gasteiger partial charge in [0.15, 0.2) is 5.82 Å². The number of amides is 1. The van der Waals surface area contributed by atoms with Crippen molar-refractivity contribution < 1.29 is 9.53 Å². The molecule has 3 aromatic heterocycles. The topological polar surface area (TPSA) is 77.0 Å². The molecule has 0 saturated carbocycles. The van der Waals surface area contributed by atoms with E-state index in [1.54, 1.807) is 24.5 Å². The Kier molecular flexibility index (Phi) is 5.31. The van der Waals surface area contributed by atoms with Crippen molar-refractivity contribution in [3.05, 3.63) is 94.9 Å². The number of nitrogens with zero attached hydrogens (tertiary/aromatic N) is 3. The fourth-order valence-corrected chi connectivity index (χ4v) is 4.08. The Morgan fingerprint density at radius 1 is 0.969 bits per heavy atom. The third kappa shape index (κ3) is 4.06. The minimum absolute atomic E-state index is 0.117. The van der Waals surface area contributed by atoms with Crippen LogP contribution in [0.3, 0.4) is 0 Å². The molecule has 32 heavy (non-hydrogen) atoms. The molecule has 7 heteroatoms. The zero-order chi connectivity index (χ0) is 21.9. The monoisotopic (exact) mass is 438 g/mol. The molecule has 3 heterocycles. The summed E-state index contributed by atoms with van der Waals surface area (Å²) in [6, 6.07) is 20.6. The standard InChI is InChI=1S/C25H18N4O2S/c1-16-12-14-32-22(16)24(30)27-18-8-10-19(11-9-18)31-25-20-6-2-3-7-21(20)28-23(29-25)17-5-4-13-26-15-17/h2-15H,1H3,(H,27,30). The number of ether oxygens (including phenoxy) is 1. The molecule has 0 bridgehead atoms. The molecular weight excluding hydrogens is 420 g/mol. The van der Waals surface area contributed by atoms with Gasteiger partial charge in [0.25, 0.3) is 5.91 Å². The quantitative estimate of drug-likeness (QED) is 0.358. The molecule has 0 aliphatic carbocycles. The Bertz CT molecular complexity index is 1400. The Morgan fingerprint density at radius 3 is 2.56 bits per heavy atom. The van der Waals surface area contributed by atoms with Crippen LogP contribution in [0.25, 0.3) is 22.3 Å². The van der Waals surface area contributed by atoms with Crippen LogP contribution in [0.4, 0.5) is 5.69 Å². The number of benzene rings is 2. The van der Waals surface area contributed by atoms with Gasteiger partial charge in [-0.05, 0) is 72.5 Å². The lowest BCUT2D eigenvalue weighted by molar-refractivity contribution is 0.103. The van der Waals surface area contributed by atoms with Gasteiger partial charge in [-0.3, -0.25) is 9.78 Å². The summed E-state index contributed by atoms with van der Waals surface area (Å²) in [7, 11) is 0. The van der Waals surface area contributed by atoms with E-state index >= 15 is 0 Å². The molecule has 1 N–H and O–H groups in total. The second-order valence-corrected chi connectivity index (χ2v) is 8.04. The summed E-state index contributed by atoms with van der Waals surface area (Å²) >= 11 is 1.43. The minimum atomic E-state index is -0.117. The highest BCUT2D eigenvalue weighted by atomic mass is 32.1. The van der Waals surface area contributed by atoms with Crippen molar-refractivity contribution in [1.29, 1.82) is 0 Å². The number of nitrogens with one attached hydrogen (secondary N) is 1. The number of hydrogen-bond donors (Lipinski definition) is 1. The van der Waals surface area contributed by atoms with E-state index in [2.05, 4.69) is 20.3 Å². The van der Waals surface area contributed by atoms with Crippen molar-refractivity contribution >= 4 is 33.8 Å². The number of hydrogen-bond acceptors (Lipinski definition) is 6. The number of carbonyl (C=O) groups excluding carboxylic acids is 1. The fraction of sp³-hybridized carbons (Fsp3) is 0.0400. The summed E-state index contributed by atoms with van der Waals surface area (Å²) in [4.78, 5) is 26.6. The molecule has 0 atom stereocenters. The predicted molar refractivity (Wildman–Crippen MR) is 126 cm³/mol. The van der Waals surface area contributed by atoms with Crippen LogP contribution in [0.5, 0.6) is 11.6 Å². The second kappa shape index (κ2) is 8.56. The third-order valence-corrected chi connectivity index (χ3v) is 5.90. The molecule has 0 aliphatic heterocycles. The largest absolute Gasteiger partial charge is 0.438 e. The van der Waals surface area contributed by atoms with Crippen LogP contribution in [0.1, 0.15) is 15.2 Å². The Hall–Kier alpha value is -4.10. The van der Waals surface area contributed by atoms with Gasteiger partial charge in [-0.15, -0.1) is 11.3 Å². The van der Waals surface area contributed by atoms with E-state index in [1.165, 1.54) is 11.3 Å². The van der Waals surface area contributed by atoms with Gasteiger partial charge in [0.05, 0.1) is 15.8 Å². The number of pyridine rings is 1. The zero-order valence-corrected chi connectivity index (χ0v) is 18.0. The van der Waals surface area contributed by atoms with E-state index in [9.17, 15) is 4.79 Å². The van der Waals surface area contributed by atoms with Crippen molar-refractivity contribution in [2.75, 3.05) is 5.32 Å². The first-order chi connectivity index (χ1) is 15.7. The van der Waals surface area contributed by atoms with E-state index in [0.29, 0.717) is 28.0 Å². The summed E-state index contributed by atoms with van der Waals surface area (Å²) in [6.45, 7) is 1.92. The lowest BCUT2D eigenvalue weighted by Gasteiger charge is -2.11. The number of aryl methyl sites for hydroxylation is 1. The highest BCUT2D eigenvalue weighted by molar-refractivity contribution is 7.12. The highest BCUT2D eigenvalue weighted by Gasteiger charge is 2.13. The lowest BCUT2D eigenvalue weighted by Crippen LogP contribution is -2.11. The number of thiophene rings is 1. The molecule has 0 saturated heterocycles. The van der Waals surface area contributed by atoms with Crippen LogP contribution in [-0.4, -0.2) is 20.9 Å². The van der Waals surface area contributed by atoms with Crippen molar-refractivity contribution in [2.45, 2.75) is 6.92 Å². The molecule has 0 unspecified atom stereocenters. The van der Waals surface area contributed by atoms with E-state index in [4.69, 9.17) is 4.74 Å². The molecule has 0 spiro atoms. The number of fused-ring (bicyclic) bond motifs is 1.